The molecule has 2 N–H and O–H groups in total. The molecule has 0 atom stereocenters. The quantitative estimate of drug-likeness (QED) is 0.469. The number of hydrazine groups is 1. The molecule has 29 heavy (non-hydrogen) atoms. The third-order valence-corrected chi connectivity index (χ3v) is 5.68. The van der Waals surface area contributed by atoms with E-state index >= 15 is 0 Å². The van der Waals surface area contributed by atoms with Crippen LogP contribution in [0.2, 0.25) is 0 Å². The molecule has 3 aromatic heterocycles. The van der Waals surface area contributed by atoms with E-state index in [9.17, 15) is 9.59 Å². The Balaban J connectivity index is 1.41. The molecule has 4 rings (SSSR count). The van der Waals surface area contributed by atoms with Crippen LogP contribution >= 0.6 is 11.8 Å². The van der Waals surface area contributed by atoms with Crippen LogP contribution in [0.3, 0.4) is 0 Å². The van der Waals surface area contributed by atoms with Crippen molar-refractivity contribution in [2.45, 2.75) is 43.3 Å². The first-order chi connectivity index (χ1) is 14.2. The number of aromatic nitrogens is 3. The molecular weight excluding hydrogens is 394 g/mol. The molecule has 0 radical (unpaired) electrons. The van der Waals surface area contributed by atoms with Gasteiger partial charge in [0, 0.05) is 6.04 Å². The van der Waals surface area contributed by atoms with Crippen LogP contribution in [-0.4, -0.2) is 32.3 Å². The minimum absolute atomic E-state index is 0.0848. The highest BCUT2D eigenvalue weighted by molar-refractivity contribution is 7.99. The molecule has 0 bridgehead atoms. The van der Waals surface area contributed by atoms with Crippen molar-refractivity contribution in [3.05, 3.63) is 42.6 Å². The molecule has 0 spiro atoms. The second-order valence-electron chi connectivity index (χ2n) is 6.71. The molecule has 1 aliphatic carbocycles. The van der Waals surface area contributed by atoms with Gasteiger partial charge in [0.1, 0.15) is 0 Å². The highest BCUT2D eigenvalue weighted by atomic mass is 32.2. The lowest BCUT2D eigenvalue weighted by atomic mass is 9.95. The van der Waals surface area contributed by atoms with Crippen LogP contribution in [0, 0.1) is 0 Å². The Bertz CT molecular complexity index is 946. The van der Waals surface area contributed by atoms with Gasteiger partial charge in [-0.1, -0.05) is 31.0 Å². The number of amides is 2. The van der Waals surface area contributed by atoms with E-state index in [-0.39, 0.29) is 23.5 Å². The Kier molecular flexibility index (Phi) is 5.99. The largest absolute Gasteiger partial charge is 0.461 e. The molecular formula is C19H21N5O4S. The summed E-state index contributed by atoms with van der Waals surface area (Å²) in [6.07, 6.45) is 8.64. The van der Waals surface area contributed by atoms with Crippen molar-refractivity contribution in [1.29, 1.82) is 0 Å². The lowest BCUT2D eigenvalue weighted by molar-refractivity contribution is -0.119. The number of furan rings is 2. The summed E-state index contributed by atoms with van der Waals surface area (Å²) in [5.41, 5.74) is 4.70. The van der Waals surface area contributed by atoms with Gasteiger partial charge < -0.3 is 8.83 Å². The Hall–Kier alpha value is -3.01. The van der Waals surface area contributed by atoms with Gasteiger partial charge >= 0.3 is 5.91 Å². The molecule has 1 saturated carbocycles. The molecule has 1 fully saturated rings. The second-order valence-corrected chi connectivity index (χ2v) is 7.66. The number of rotatable bonds is 6. The summed E-state index contributed by atoms with van der Waals surface area (Å²) in [5.74, 6) is 0.673. The van der Waals surface area contributed by atoms with Crippen LogP contribution in [0.5, 0.6) is 0 Å². The molecule has 3 aromatic rings. The van der Waals surface area contributed by atoms with Crippen LogP contribution in [0.15, 0.2) is 50.8 Å². The summed E-state index contributed by atoms with van der Waals surface area (Å²) in [7, 11) is 0. The van der Waals surface area contributed by atoms with Gasteiger partial charge in [-0.2, -0.15) is 0 Å². The zero-order valence-electron chi connectivity index (χ0n) is 15.7. The van der Waals surface area contributed by atoms with Gasteiger partial charge in [0.25, 0.3) is 0 Å². The van der Waals surface area contributed by atoms with Crippen molar-refractivity contribution in [1.82, 2.24) is 25.6 Å². The second kappa shape index (κ2) is 8.99. The monoisotopic (exact) mass is 415 g/mol. The number of nitrogens with one attached hydrogen (secondary N) is 2. The van der Waals surface area contributed by atoms with Gasteiger partial charge in [0.05, 0.1) is 18.3 Å². The van der Waals surface area contributed by atoms with E-state index in [2.05, 4.69) is 25.6 Å². The zero-order valence-corrected chi connectivity index (χ0v) is 16.5. The fraction of sp³-hybridized carbons (Fsp3) is 0.368. The highest BCUT2D eigenvalue weighted by Gasteiger charge is 2.25. The lowest BCUT2D eigenvalue weighted by Gasteiger charge is -2.25. The summed E-state index contributed by atoms with van der Waals surface area (Å²) in [6.45, 7) is 0. The number of hydrogen-bond donors (Lipinski definition) is 2. The zero-order chi connectivity index (χ0) is 20.1. The Morgan fingerprint density at radius 2 is 1.86 bits per heavy atom. The Morgan fingerprint density at radius 3 is 2.59 bits per heavy atom. The van der Waals surface area contributed by atoms with E-state index in [4.69, 9.17) is 8.83 Å². The Morgan fingerprint density at radius 1 is 1.07 bits per heavy atom. The van der Waals surface area contributed by atoms with Gasteiger partial charge in [-0.25, -0.2) is 0 Å². The number of thioether (sulfide) groups is 1. The molecule has 10 heteroatoms. The molecule has 3 heterocycles. The predicted molar refractivity (Wildman–Crippen MR) is 105 cm³/mol. The van der Waals surface area contributed by atoms with Crippen molar-refractivity contribution in [2.75, 3.05) is 5.75 Å². The van der Waals surface area contributed by atoms with Gasteiger partial charge in [-0.05, 0) is 37.1 Å². The molecule has 0 unspecified atom stereocenters. The topological polar surface area (TPSA) is 115 Å². The summed E-state index contributed by atoms with van der Waals surface area (Å²) in [4.78, 5) is 24.0. The van der Waals surface area contributed by atoms with Gasteiger partial charge in [0.2, 0.25) is 11.7 Å². The number of carbonyl (C=O) groups is 2. The standard InChI is InChI=1S/C19H21N5O4S/c25-16(20-22-18(26)15-9-5-11-28-15)12-29-19-23-21-17(14-8-4-10-27-14)24(19)13-6-2-1-3-7-13/h4-5,8-11,13H,1-3,6-7,12H2,(H,20,25)(H,22,26). The predicted octanol–water partition coefficient (Wildman–Crippen LogP) is 3.19. The van der Waals surface area contributed by atoms with E-state index < -0.39 is 5.91 Å². The van der Waals surface area contributed by atoms with E-state index in [0.29, 0.717) is 16.7 Å². The number of nitrogens with zero attached hydrogens (tertiary/aromatic N) is 3. The van der Waals surface area contributed by atoms with Gasteiger partial charge in [-0.15, -0.1) is 10.2 Å². The van der Waals surface area contributed by atoms with Gasteiger partial charge in [-0.3, -0.25) is 25.0 Å². The minimum atomic E-state index is -0.515. The average molecular weight is 415 g/mol. The summed E-state index contributed by atoms with van der Waals surface area (Å²) in [6, 6.07) is 7.06. The normalized spacial score (nSPS) is 14.6. The maximum Gasteiger partial charge on any atom is 0.305 e. The van der Waals surface area contributed by atoms with Crippen molar-refractivity contribution in [3.8, 4) is 11.6 Å². The summed E-state index contributed by atoms with van der Waals surface area (Å²) < 4.78 is 12.6. The molecule has 2 amide bonds. The minimum Gasteiger partial charge on any atom is -0.461 e. The summed E-state index contributed by atoms with van der Waals surface area (Å²) in [5, 5.41) is 9.26. The van der Waals surface area contributed by atoms with Crippen molar-refractivity contribution in [2.24, 2.45) is 0 Å². The lowest BCUT2D eigenvalue weighted by Crippen LogP contribution is -2.42. The van der Waals surface area contributed by atoms with Crippen molar-refractivity contribution in [3.63, 3.8) is 0 Å². The van der Waals surface area contributed by atoms with E-state index in [1.807, 2.05) is 12.1 Å². The molecule has 0 saturated heterocycles. The van der Waals surface area contributed by atoms with Crippen molar-refractivity contribution >= 4 is 23.6 Å². The number of hydrogen-bond acceptors (Lipinski definition) is 7. The first kappa shape index (κ1) is 19.3. The van der Waals surface area contributed by atoms with E-state index in [1.54, 1.807) is 12.3 Å². The van der Waals surface area contributed by atoms with E-state index in [0.717, 1.165) is 25.7 Å². The van der Waals surface area contributed by atoms with E-state index in [1.165, 1.54) is 30.5 Å². The first-order valence-electron chi connectivity index (χ1n) is 9.46. The first-order valence-corrected chi connectivity index (χ1v) is 10.4. The smallest absolute Gasteiger partial charge is 0.305 e. The fourth-order valence-corrected chi connectivity index (χ4v) is 4.19. The van der Waals surface area contributed by atoms with Crippen molar-refractivity contribution < 1.29 is 18.4 Å². The third kappa shape index (κ3) is 4.53. The highest BCUT2D eigenvalue weighted by Crippen LogP contribution is 2.35. The number of carbonyl (C=O) groups excluding carboxylic acids is 2. The average Bonchev–Trinajstić information content (AvgIpc) is 3.51. The molecule has 9 nitrogen and oxygen atoms in total. The van der Waals surface area contributed by atoms with Crippen LogP contribution in [0.25, 0.3) is 11.6 Å². The van der Waals surface area contributed by atoms with Crippen LogP contribution < -0.4 is 10.9 Å². The molecule has 0 aromatic carbocycles. The molecule has 1 aliphatic rings. The van der Waals surface area contributed by atoms with Gasteiger partial charge in [0.15, 0.2) is 16.7 Å². The molecule has 0 aliphatic heterocycles. The summed E-state index contributed by atoms with van der Waals surface area (Å²) >= 11 is 1.28. The van der Waals surface area contributed by atoms with Crippen LogP contribution in [0.1, 0.15) is 48.7 Å². The Labute approximate surface area is 171 Å². The SMILES string of the molecule is O=C(CSc1nnc(-c2ccco2)n1C1CCCCC1)NNC(=O)c1ccco1. The maximum atomic E-state index is 12.2. The fourth-order valence-electron chi connectivity index (χ4n) is 3.38. The molecule has 152 valence electrons. The third-order valence-electron chi connectivity index (χ3n) is 4.74. The van der Waals surface area contributed by atoms with Crippen LogP contribution in [0.4, 0.5) is 0 Å². The maximum absolute atomic E-state index is 12.2. The van der Waals surface area contributed by atoms with Crippen LogP contribution in [-0.2, 0) is 4.79 Å².